The van der Waals surface area contributed by atoms with Crippen LogP contribution in [-0.2, 0) is 6.54 Å². The van der Waals surface area contributed by atoms with Crippen LogP contribution in [0.3, 0.4) is 0 Å². The molecular weight excluding hydrogens is 357 g/mol. The van der Waals surface area contributed by atoms with Gasteiger partial charge in [-0.3, -0.25) is 4.68 Å². The number of hydrogen-bond donors (Lipinski definition) is 3. The first kappa shape index (κ1) is 19.5. The van der Waals surface area contributed by atoms with E-state index < -0.39 is 5.82 Å². The standard InChI is InChI=1S/C20H26FN7/c1-5-6-9-28-17-8-7-13(10-15(17)20(26-28)27(3)4)24-19-14(12(2)22)11-16(21)18(23)25-19/h7-8,10-11H,2,5-6,9,22H2,1,3-4H3,(H3,23,24,25). The van der Waals surface area contributed by atoms with Crippen LogP contribution in [-0.4, -0.2) is 28.9 Å². The predicted molar refractivity (Wildman–Crippen MR) is 114 cm³/mol. The van der Waals surface area contributed by atoms with Crippen molar-refractivity contribution in [3.63, 3.8) is 0 Å². The molecule has 3 aromatic rings. The molecule has 148 valence electrons. The number of nitrogen functional groups attached to an aromatic ring is 1. The molecule has 28 heavy (non-hydrogen) atoms. The molecule has 0 radical (unpaired) electrons. The molecule has 0 saturated heterocycles. The number of rotatable bonds is 7. The number of aromatic nitrogens is 3. The highest BCUT2D eigenvalue weighted by molar-refractivity contribution is 5.93. The van der Waals surface area contributed by atoms with Crippen molar-refractivity contribution < 1.29 is 4.39 Å². The van der Waals surface area contributed by atoms with Gasteiger partial charge in [0.05, 0.1) is 5.52 Å². The average molecular weight is 383 g/mol. The molecule has 0 spiro atoms. The Balaban J connectivity index is 2.05. The zero-order valence-corrected chi connectivity index (χ0v) is 16.5. The predicted octanol–water partition coefficient (Wildman–Crippen LogP) is 3.69. The van der Waals surface area contributed by atoms with Crippen molar-refractivity contribution in [2.75, 3.05) is 30.0 Å². The Morgan fingerprint density at radius 1 is 1.32 bits per heavy atom. The maximum absolute atomic E-state index is 13.8. The molecule has 0 saturated carbocycles. The fourth-order valence-electron chi connectivity index (χ4n) is 3.03. The summed E-state index contributed by atoms with van der Waals surface area (Å²) in [6, 6.07) is 7.16. The minimum Gasteiger partial charge on any atom is -0.399 e. The minimum atomic E-state index is -0.630. The molecular formula is C20H26FN7. The highest BCUT2D eigenvalue weighted by atomic mass is 19.1. The zero-order chi connectivity index (χ0) is 20.4. The van der Waals surface area contributed by atoms with Gasteiger partial charge in [0.1, 0.15) is 5.82 Å². The van der Waals surface area contributed by atoms with Crippen molar-refractivity contribution in [3.8, 4) is 0 Å². The van der Waals surface area contributed by atoms with E-state index in [2.05, 4.69) is 23.8 Å². The van der Waals surface area contributed by atoms with Gasteiger partial charge >= 0.3 is 0 Å². The van der Waals surface area contributed by atoms with E-state index in [4.69, 9.17) is 16.6 Å². The van der Waals surface area contributed by atoms with Crippen molar-refractivity contribution in [1.29, 1.82) is 0 Å². The lowest BCUT2D eigenvalue weighted by Crippen LogP contribution is -2.10. The number of aryl methyl sites for hydroxylation is 1. The molecule has 1 aromatic carbocycles. The maximum Gasteiger partial charge on any atom is 0.166 e. The second kappa shape index (κ2) is 7.75. The number of halogens is 1. The molecule has 2 heterocycles. The van der Waals surface area contributed by atoms with Crippen molar-refractivity contribution in [3.05, 3.63) is 42.2 Å². The van der Waals surface area contributed by atoms with Gasteiger partial charge in [0.15, 0.2) is 17.5 Å². The summed E-state index contributed by atoms with van der Waals surface area (Å²) in [6.45, 7) is 6.71. The number of nitrogens with zero attached hydrogens (tertiary/aromatic N) is 4. The van der Waals surface area contributed by atoms with Crippen LogP contribution in [0.25, 0.3) is 16.6 Å². The summed E-state index contributed by atoms with van der Waals surface area (Å²) in [5.74, 6) is 0.407. The Labute approximate surface area is 163 Å². The maximum atomic E-state index is 13.8. The van der Waals surface area contributed by atoms with Crippen LogP contribution in [0, 0.1) is 5.82 Å². The highest BCUT2D eigenvalue weighted by Gasteiger charge is 2.15. The van der Waals surface area contributed by atoms with Crippen LogP contribution >= 0.6 is 0 Å². The molecule has 8 heteroatoms. The first-order valence-corrected chi connectivity index (χ1v) is 9.17. The van der Waals surface area contributed by atoms with Gasteiger partial charge in [-0.1, -0.05) is 19.9 Å². The number of pyridine rings is 1. The number of unbranched alkanes of at least 4 members (excludes halogenated alkanes) is 1. The number of fused-ring (bicyclic) bond motifs is 1. The summed E-state index contributed by atoms with van der Waals surface area (Å²) in [6.07, 6.45) is 2.16. The Morgan fingerprint density at radius 2 is 2.07 bits per heavy atom. The van der Waals surface area contributed by atoms with Crippen LogP contribution in [0.4, 0.5) is 27.5 Å². The molecule has 0 bridgehead atoms. The van der Waals surface area contributed by atoms with Gasteiger partial charge in [-0.25, -0.2) is 9.37 Å². The molecule has 0 unspecified atom stereocenters. The molecule has 0 atom stereocenters. The van der Waals surface area contributed by atoms with E-state index in [1.54, 1.807) is 0 Å². The fraction of sp³-hybridized carbons (Fsp3) is 0.300. The van der Waals surface area contributed by atoms with Gasteiger partial charge < -0.3 is 21.7 Å². The van der Waals surface area contributed by atoms with Crippen molar-refractivity contribution in [2.24, 2.45) is 5.73 Å². The van der Waals surface area contributed by atoms with Gasteiger partial charge in [0.2, 0.25) is 0 Å². The van der Waals surface area contributed by atoms with Gasteiger partial charge in [-0.2, -0.15) is 5.10 Å². The third-order valence-electron chi connectivity index (χ3n) is 4.49. The molecule has 3 rings (SSSR count). The molecule has 5 N–H and O–H groups in total. The SMILES string of the molecule is C=C(N)c1cc(F)c(N)nc1Nc1ccc2c(c1)c(N(C)C)nn2CCCC. The molecule has 0 aliphatic heterocycles. The molecule has 7 nitrogen and oxygen atoms in total. The largest absolute Gasteiger partial charge is 0.399 e. The summed E-state index contributed by atoms with van der Waals surface area (Å²) in [5, 5.41) is 8.93. The number of hydrogen-bond acceptors (Lipinski definition) is 6. The zero-order valence-electron chi connectivity index (χ0n) is 16.5. The fourth-order valence-corrected chi connectivity index (χ4v) is 3.03. The van der Waals surface area contributed by atoms with Crippen LogP contribution in [0.2, 0.25) is 0 Å². The van der Waals surface area contributed by atoms with Crippen LogP contribution in [0.5, 0.6) is 0 Å². The van der Waals surface area contributed by atoms with E-state index in [0.717, 1.165) is 41.8 Å². The molecule has 0 aliphatic carbocycles. The number of benzene rings is 1. The normalized spacial score (nSPS) is 11.0. The highest BCUT2D eigenvalue weighted by Crippen LogP contribution is 2.31. The van der Waals surface area contributed by atoms with Crippen molar-refractivity contribution >= 4 is 39.7 Å². The van der Waals surface area contributed by atoms with Crippen molar-refractivity contribution in [2.45, 2.75) is 26.3 Å². The Morgan fingerprint density at radius 3 is 2.71 bits per heavy atom. The average Bonchev–Trinajstić information content (AvgIpc) is 3.00. The summed E-state index contributed by atoms with van der Waals surface area (Å²) in [7, 11) is 3.93. The summed E-state index contributed by atoms with van der Waals surface area (Å²) >= 11 is 0. The lowest BCUT2D eigenvalue weighted by molar-refractivity contribution is 0.588. The molecule has 2 aromatic heterocycles. The van der Waals surface area contributed by atoms with Gasteiger partial charge in [-0.15, -0.1) is 0 Å². The van der Waals surface area contributed by atoms with Crippen molar-refractivity contribution in [1.82, 2.24) is 14.8 Å². The number of nitrogens with two attached hydrogens (primary N) is 2. The monoisotopic (exact) mass is 383 g/mol. The van der Waals surface area contributed by atoms with Gasteiger partial charge in [0.25, 0.3) is 0 Å². The molecule has 0 amide bonds. The quantitative estimate of drug-likeness (QED) is 0.576. The smallest absolute Gasteiger partial charge is 0.166 e. The first-order chi connectivity index (χ1) is 13.3. The van der Waals surface area contributed by atoms with Gasteiger partial charge in [0, 0.05) is 43.0 Å². The first-order valence-electron chi connectivity index (χ1n) is 9.17. The molecule has 0 fully saturated rings. The number of nitrogens with one attached hydrogen (secondary N) is 1. The van der Waals surface area contributed by atoms with E-state index >= 15 is 0 Å². The lowest BCUT2D eigenvalue weighted by Gasteiger charge is -2.13. The third-order valence-corrected chi connectivity index (χ3v) is 4.49. The Kier molecular flexibility index (Phi) is 5.39. The number of anilines is 4. The minimum absolute atomic E-state index is 0.199. The van der Waals surface area contributed by atoms with E-state index in [0.29, 0.717) is 11.4 Å². The Hall–Kier alpha value is -3.29. The van der Waals surface area contributed by atoms with E-state index in [1.165, 1.54) is 6.07 Å². The van der Waals surface area contributed by atoms with E-state index in [1.807, 2.05) is 41.9 Å². The summed E-state index contributed by atoms with van der Waals surface area (Å²) in [5.41, 5.74) is 13.8. The Bertz CT molecular complexity index is 1020. The van der Waals surface area contributed by atoms with E-state index in [-0.39, 0.29) is 11.5 Å². The van der Waals surface area contributed by atoms with Crippen LogP contribution < -0.4 is 21.7 Å². The van der Waals surface area contributed by atoms with Gasteiger partial charge in [-0.05, 0) is 30.7 Å². The van der Waals surface area contributed by atoms with Crippen LogP contribution in [0.1, 0.15) is 25.3 Å². The molecule has 0 aliphatic rings. The van der Waals surface area contributed by atoms with Crippen LogP contribution in [0.15, 0.2) is 30.8 Å². The second-order valence-corrected chi connectivity index (χ2v) is 6.93. The second-order valence-electron chi connectivity index (χ2n) is 6.93. The topological polar surface area (TPSA) is 98.0 Å². The van der Waals surface area contributed by atoms with E-state index in [9.17, 15) is 4.39 Å². The third kappa shape index (κ3) is 3.71. The summed E-state index contributed by atoms with van der Waals surface area (Å²) < 4.78 is 15.8. The lowest BCUT2D eigenvalue weighted by atomic mass is 10.1. The summed E-state index contributed by atoms with van der Waals surface area (Å²) in [4.78, 5) is 6.07.